The van der Waals surface area contributed by atoms with Crippen LogP contribution < -0.4 is 15.2 Å². The monoisotopic (exact) mass is 209 g/mol. The van der Waals surface area contributed by atoms with E-state index in [1.54, 1.807) is 19.5 Å². The zero-order valence-electron chi connectivity index (χ0n) is 8.72. The van der Waals surface area contributed by atoms with Gasteiger partial charge in [0.15, 0.2) is 0 Å². The van der Waals surface area contributed by atoms with Crippen LogP contribution >= 0.6 is 0 Å². The molecule has 0 radical (unpaired) electrons. The smallest absolute Gasteiger partial charge is 0.235 e. The maximum atomic E-state index is 5.89. The number of rotatable bonds is 3. The number of hydrogen-bond acceptors (Lipinski definition) is 5. The molecule has 0 aliphatic heterocycles. The van der Waals surface area contributed by atoms with Crippen LogP contribution in [0.15, 0.2) is 12.4 Å². The Kier molecular flexibility index (Phi) is 3.01. The summed E-state index contributed by atoms with van der Waals surface area (Å²) in [6.07, 6.45) is 6.30. The summed E-state index contributed by atoms with van der Waals surface area (Å²) in [6.45, 7) is 0. The van der Waals surface area contributed by atoms with Crippen molar-refractivity contribution in [2.75, 3.05) is 7.11 Å². The molecule has 5 heteroatoms. The topological polar surface area (TPSA) is 70.3 Å². The van der Waals surface area contributed by atoms with Gasteiger partial charge in [0.25, 0.3) is 0 Å². The average Bonchev–Trinajstić information content (AvgIpc) is 2.65. The van der Waals surface area contributed by atoms with Gasteiger partial charge in [-0.2, -0.15) is 4.98 Å². The van der Waals surface area contributed by atoms with E-state index in [2.05, 4.69) is 9.97 Å². The van der Waals surface area contributed by atoms with E-state index in [1.165, 1.54) is 0 Å². The number of ether oxygens (including phenoxy) is 2. The number of nitrogens with zero attached hydrogens (tertiary/aromatic N) is 2. The Labute approximate surface area is 88.6 Å². The minimum absolute atomic E-state index is 0.0615. The molecule has 1 aromatic rings. The summed E-state index contributed by atoms with van der Waals surface area (Å²) in [5.74, 6) is 0.941. The first-order valence-electron chi connectivity index (χ1n) is 5.08. The van der Waals surface area contributed by atoms with Crippen LogP contribution in [0.3, 0.4) is 0 Å². The first-order chi connectivity index (χ1) is 7.29. The zero-order valence-corrected chi connectivity index (χ0v) is 8.72. The Balaban J connectivity index is 2.03. The molecule has 1 aliphatic rings. The van der Waals surface area contributed by atoms with Gasteiger partial charge in [0.05, 0.1) is 19.5 Å². The molecule has 82 valence electrons. The van der Waals surface area contributed by atoms with Crippen molar-refractivity contribution in [2.24, 2.45) is 5.73 Å². The highest BCUT2D eigenvalue weighted by Gasteiger charge is 2.26. The molecule has 1 aliphatic carbocycles. The average molecular weight is 209 g/mol. The highest BCUT2D eigenvalue weighted by molar-refractivity contribution is 5.13. The molecule has 2 unspecified atom stereocenters. The largest absolute Gasteiger partial charge is 0.480 e. The van der Waals surface area contributed by atoms with Crippen LogP contribution in [0.4, 0.5) is 0 Å². The van der Waals surface area contributed by atoms with E-state index >= 15 is 0 Å². The summed E-state index contributed by atoms with van der Waals surface area (Å²) >= 11 is 0. The van der Waals surface area contributed by atoms with E-state index in [0.717, 1.165) is 19.3 Å². The second-order valence-corrected chi connectivity index (χ2v) is 3.65. The number of hydrogen-bond donors (Lipinski definition) is 1. The van der Waals surface area contributed by atoms with Crippen LogP contribution in [0.1, 0.15) is 19.3 Å². The zero-order chi connectivity index (χ0) is 10.7. The van der Waals surface area contributed by atoms with Crippen LogP contribution in [0.5, 0.6) is 11.8 Å². The molecule has 1 saturated carbocycles. The van der Waals surface area contributed by atoms with Crippen molar-refractivity contribution in [2.45, 2.75) is 31.4 Å². The van der Waals surface area contributed by atoms with Crippen molar-refractivity contribution >= 4 is 0 Å². The molecule has 1 aromatic heterocycles. The molecule has 1 heterocycles. The minimum atomic E-state index is 0.0615. The summed E-state index contributed by atoms with van der Waals surface area (Å²) in [7, 11) is 1.55. The van der Waals surface area contributed by atoms with Gasteiger partial charge in [-0.05, 0) is 19.3 Å². The molecule has 0 amide bonds. The lowest BCUT2D eigenvalue weighted by Crippen LogP contribution is -2.33. The first kappa shape index (κ1) is 10.2. The highest BCUT2D eigenvalue weighted by Crippen LogP contribution is 2.22. The van der Waals surface area contributed by atoms with Crippen LogP contribution in [0, 0.1) is 0 Å². The second kappa shape index (κ2) is 4.44. The molecule has 0 saturated heterocycles. The SMILES string of the molecule is COc1cncc(OC2CCCC2N)n1. The molecule has 15 heavy (non-hydrogen) atoms. The second-order valence-electron chi connectivity index (χ2n) is 3.65. The lowest BCUT2D eigenvalue weighted by Gasteiger charge is -2.16. The highest BCUT2D eigenvalue weighted by atomic mass is 16.5. The van der Waals surface area contributed by atoms with E-state index in [0.29, 0.717) is 11.8 Å². The molecule has 2 rings (SSSR count). The van der Waals surface area contributed by atoms with Gasteiger partial charge in [-0.1, -0.05) is 0 Å². The number of methoxy groups -OCH3 is 1. The molecule has 0 aromatic carbocycles. The van der Waals surface area contributed by atoms with E-state index in [1.807, 2.05) is 0 Å². The standard InChI is InChI=1S/C10H15N3O2/c1-14-9-5-12-6-10(13-9)15-8-4-2-3-7(8)11/h5-8H,2-4,11H2,1H3. The summed E-state index contributed by atoms with van der Waals surface area (Å²) in [5.41, 5.74) is 5.89. The van der Waals surface area contributed by atoms with Crippen LogP contribution in [-0.4, -0.2) is 29.2 Å². The normalized spacial score (nSPS) is 25.2. The van der Waals surface area contributed by atoms with Gasteiger partial charge >= 0.3 is 0 Å². The molecule has 1 fully saturated rings. The minimum Gasteiger partial charge on any atom is -0.480 e. The van der Waals surface area contributed by atoms with Crippen molar-refractivity contribution in [3.8, 4) is 11.8 Å². The Morgan fingerprint density at radius 3 is 2.80 bits per heavy atom. The Morgan fingerprint density at radius 2 is 2.13 bits per heavy atom. The lowest BCUT2D eigenvalue weighted by atomic mass is 10.2. The summed E-state index contributed by atoms with van der Waals surface area (Å²) in [6, 6.07) is 0.109. The van der Waals surface area contributed by atoms with Gasteiger partial charge < -0.3 is 15.2 Å². The lowest BCUT2D eigenvalue weighted by molar-refractivity contribution is 0.181. The van der Waals surface area contributed by atoms with Gasteiger partial charge in [-0.3, -0.25) is 4.98 Å². The van der Waals surface area contributed by atoms with Gasteiger partial charge in [-0.15, -0.1) is 0 Å². The molecule has 2 N–H and O–H groups in total. The molecule has 2 atom stereocenters. The van der Waals surface area contributed by atoms with E-state index in [-0.39, 0.29) is 12.1 Å². The van der Waals surface area contributed by atoms with E-state index in [4.69, 9.17) is 15.2 Å². The quantitative estimate of drug-likeness (QED) is 0.795. The van der Waals surface area contributed by atoms with Gasteiger partial charge in [0.1, 0.15) is 6.10 Å². The maximum Gasteiger partial charge on any atom is 0.235 e. The van der Waals surface area contributed by atoms with E-state index < -0.39 is 0 Å². The fourth-order valence-electron chi connectivity index (χ4n) is 1.74. The van der Waals surface area contributed by atoms with Gasteiger partial charge in [-0.25, -0.2) is 0 Å². The summed E-state index contributed by atoms with van der Waals surface area (Å²) in [5, 5.41) is 0. The third kappa shape index (κ3) is 2.36. The van der Waals surface area contributed by atoms with Crippen LogP contribution in [0.25, 0.3) is 0 Å². The van der Waals surface area contributed by atoms with Crippen molar-refractivity contribution in [3.05, 3.63) is 12.4 Å². The Bertz CT molecular complexity index is 332. The molecule has 5 nitrogen and oxygen atoms in total. The summed E-state index contributed by atoms with van der Waals surface area (Å²) in [4.78, 5) is 8.10. The van der Waals surface area contributed by atoms with E-state index in [9.17, 15) is 0 Å². The van der Waals surface area contributed by atoms with Crippen LogP contribution in [-0.2, 0) is 0 Å². The van der Waals surface area contributed by atoms with Crippen molar-refractivity contribution in [1.82, 2.24) is 9.97 Å². The first-order valence-corrected chi connectivity index (χ1v) is 5.08. The maximum absolute atomic E-state index is 5.89. The predicted molar refractivity (Wildman–Crippen MR) is 54.8 cm³/mol. The molecular formula is C10H15N3O2. The van der Waals surface area contributed by atoms with Gasteiger partial charge in [0, 0.05) is 6.04 Å². The predicted octanol–water partition coefficient (Wildman–Crippen LogP) is 0.744. The third-order valence-corrected chi connectivity index (χ3v) is 2.58. The van der Waals surface area contributed by atoms with Crippen molar-refractivity contribution in [3.63, 3.8) is 0 Å². The number of aromatic nitrogens is 2. The fraction of sp³-hybridized carbons (Fsp3) is 0.600. The summed E-state index contributed by atoms with van der Waals surface area (Å²) < 4.78 is 10.6. The van der Waals surface area contributed by atoms with Crippen LogP contribution in [0.2, 0.25) is 0 Å². The Morgan fingerprint density at radius 1 is 1.33 bits per heavy atom. The fourth-order valence-corrected chi connectivity index (χ4v) is 1.74. The van der Waals surface area contributed by atoms with Crippen molar-refractivity contribution in [1.29, 1.82) is 0 Å². The Hall–Kier alpha value is -1.36. The molecule has 0 bridgehead atoms. The molecular weight excluding hydrogens is 194 g/mol. The van der Waals surface area contributed by atoms with Gasteiger partial charge in [0.2, 0.25) is 11.8 Å². The van der Waals surface area contributed by atoms with Crippen molar-refractivity contribution < 1.29 is 9.47 Å². The number of nitrogens with two attached hydrogens (primary N) is 1. The molecule has 0 spiro atoms. The third-order valence-electron chi connectivity index (χ3n) is 2.58.